The van der Waals surface area contributed by atoms with Crippen molar-refractivity contribution in [3.05, 3.63) is 84.1 Å². The normalized spacial score (nSPS) is 18.2. The van der Waals surface area contributed by atoms with Gasteiger partial charge >= 0.3 is 0 Å². The van der Waals surface area contributed by atoms with E-state index in [1.807, 2.05) is 48.5 Å². The van der Waals surface area contributed by atoms with Crippen LogP contribution in [-0.2, 0) is 4.74 Å². The molecule has 0 radical (unpaired) electrons. The van der Waals surface area contributed by atoms with Gasteiger partial charge in [-0.1, -0.05) is 48.5 Å². The summed E-state index contributed by atoms with van der Waals surface area (Å²) in [4.78, 5) is 32.8. The summed E-state index contributed by atoms with van der Waals surface area (Å²) in [6, 6.07) is 24.1. The summed E-state index contributed by atoms with van der Waals surface area (Å²) in [6.45, 7) is 12.0. The van der Waals surface area contributed by atoms with Crippen LogP contribution in [0.2, 0.25) is 0 Å². The van der Waals surface area contributed by atoms with Gasteiger partial charge in [0.2, 0.25) is 5.78 Å². The summed E-state index contributed by atoms with van der Waals surface area (Å²) in [6.07, 6.45) is 2.16. The molecular formula is C36H40N6O2. The second kappa shape index (κ2) is 11.7. The highest BCUT2D eigenvalue weighted by atomic mass is 16.5. The number of fused-ring (bicyclic) bond motifs is 2. The van der Waals surface area contributed by atoms with Crippen molar-refractivity contribution in [3.8, 4) is 11.4 Å². The lowest BCUT2D eigenvalue weighted by atomic mass is 9.95. The van der Waals surface area contributed by atoms with Crippen LogP contribution in [0, 0.1) is 0 Å². The number of H-pyrrole nitrogens is 1. The number of likely N-dealkylation sites (tertiary alicyclic amines) is 1. The topological polar surface area (TPSA) is 86.4 Å². The number of piperidine rings is 1. The SMILES string of the molecule is CC(C)(C)N1CCCC(Nc2c(-c3nc4ccc(N5CCOCC5)cc4[nH]3)c(C(=O)c3ccccc3)nc3ccccc23)C1. The molecule has 2 saturated heterocycles. The Bertz CT molecular complexity index is 1800. The van der Waals surface area contributed by atoms with Gasteiger partial charge < -0.3 is 19.9 Å². The molecule has 0 saturated carbocycles. The Hall–Kier alpha value is -4.27. The molecule has 0 amide bonds. The molecule has 4 heterocycles. The van der Waals surface area contributed by atoms with Crippen LogP contribution >= 0.6 is 0 Å². The molecule has 8 nitrogen and oxygen atoms in total. The number of aromatic nitrogens is 3. The maximum atomic E-state index is 14.2. The van der Waals surface area contributed by atoms with Gasteiger partial charge in [0.05, 0.1) is 41.0 Å². The lowest BCUT2D eigenvalue weighted by Gasteiger charge is -2.42. The Balaban J connectivity index is 1.40. The van der Waals surface area contributed by atoms with Crippen LogP contribution in [0.25, 0.3) is 33.3 Å². The van der Waals surface area contributed by atoms with Crippen LogP contribution in [0.4, 0.5) is 11.4 Å². The number of ketones is 1. The molecule has 2 N–H and O–H groups in total. The van der Waals surface area contributed by atoms with Gasteiger partial charge in [0.15, 0.2) is 0 Å². The van der Waals surface area contributed by atoms with E-state index >= 15 is 0 Å². The Morgan fingerprint density at radius 1 is 0.932 bits per heavy atom. The molecule has 0 bridgehead atoms. The molecule has 226 valence electrons. The third kappa shape index (κ3) is 5.55. The first kappa shape index (κ1) is 28.5. The van der Waals surface area contributed by atoms with E-state index in [1.54, 1.807) is 0 Å². The van der Waals surface area contributed by atoms with Crippen molar-refractivity contribution in [1.82, 2.24) is 19.9 Å². The highest BCUT2D eigenvalue weighted by Crippen LogP contribution is 2.39. The largest absolute Gasteiger partial charge is 0.380 e. The monoisotopic (exact) mass is 588 g/mol. The number of hydrogen-bond donors (Lipinski definition) is 2. The lowest BCUT2D eigenvalue weighted by Crippen LogP contribution is -2.50. The molecule has 2 aliphatic heterocycles. The molecule has 44 heavy (non-hydrogen) atoms. The first-order chi connectivity index (χ1) is 21.3. The van der Waals surface area contributed by atoms with Gasteiger partial charge in [-0.25, -0.2) is 9.97 Å². The van der Waals surface area contributed by atoms with E-state index in [-0.39, 0.29) is 17.4 Å². The third-order valence-electron chi connectivity index (χ3n) is 8.94. The molecule has 1 unspecified atom stereocenters. The number of ether oxygens (including phenoxy) is 1. The smallest absolute Gasteiger partial charge is 0.212 e. The number of hydrogen-bond acceptors (Lipinski definition) is 7. The number of imidazole rings is 1. The highest BCUT2D eigenvalue weighted by molar-refractivity contribution is 6.16. The number of carbonyl (C=O) groups is 1. The van der Waals surface area contributed by atoms with Gasteiger partial charge in [0, 0.05) is 47.9 Å². The third-order valence-corrected chi connectivity index (χ3v) is 8.94. The van der Waals surface area contributed by atoms with Crippen molar-refractivity contribution in [2.24, 2.45) is 0 Å². The number of para-hydroxylation sites is 1. The summed E-state index contributed by atoms with van der Waals surface area (Å²) in [5.41, 5.74) is 6.40. The average Bonchev–Trinajstić information content (AvgIpc) is 3.48. The van der Waals surface area contributed by atoms with Crippen molar-refractivity contribution < 1.29 is 9.53 Å². The van der Waals surface area contributed by atoms with E-state index in [2.05, 4.69) is 65.1 Å². The summed E-state index contributed by atoms with van der Waals surface area (Å²) < 4.78 is 5.57. The number of morpholine rings is 1. The summed E-state index contributed by atoms with van der Waals surface area (Å²) in [5, 5.41) is 4.91. The maximum Gasteiger partial charge on any atom is 0.212 e. The number of carbonyl (C=O) groups excluding carboxylic acids is 1. The molecule has 2 fully saturated rings. The number of anilines is 2. The first-order valence-corrected chi connectivity index (χ1v) is 15.7. The van der Waals surface area contributed by atoms with Gasteiger partial charge in [0.1, 0.15) is 11.5 Å². The minimum absolute atomic E-state index is 0.0782. The van der Waals surface area contributed by atoms with Crippen LogP contribution in [0.5, 0.6) is 0 Å². The average molecular weight is 589 g/mol. The predicted molar refractivity (Wildman–Crippen MR) is 178 cm³/mol. The minimum atomic E-state index is -0.121. The van der Waals surface area contributed by atoms with Crippen molar-refractivity contribution in [2.75, 3.05) is 49.6 Å². The number of nitrogens with zero attached hydrogens (tertiary/aromatic N) is 4. The van der Waals surface area contributed by atoms with E-state index in [4.69, 9.17) is 14.7 Å². The molecule has 2 aromatic heterocycles. The Labute approximate surface area is 258 Å². The summed E-state index contributed by atoms with van der Waals surface area (Å²) >= 11 is 0. The molecule has 8 heteroatoms. The van der Waals surface area contributed by atoms with E-state index in [0.717, 1.165) is 91.1 Å². The quantitative estimate of drug-likeness (QED) is 0.218. The van der Waals surface area contributed by atoms with Crippen molar-refractivity contribution >= 4 is 39.1 Å². The molecule has 2 aliphatic rings. The van der Waals surface area contributed by atoms with Crippen molar-refractivity contribution in [2.45, 2.75) is 45.2 Å². The molecule has 0 aliphatic carbocycles. The fourth-order valence-corrected chi connectivity index (χ4v) is 6.53. The second-order valence-electron chi connectivity index (χ2n) is 12.9. The summed E-state index contributed by atoms with van der Waals surface area (Å²) in [5.74, 6) is 0.520. The predicted octanol–water partition coefficient (Wildman–Crippen LogP) is 6.52. The van der Waals surface area contributed by atoms with Gasteiger partial charge in [-0.3, -0.25) is 9.69 Å². The first-order valence-electron chi connectivity index (χ1n) is 15.7. The van der Waals surface area contributed by atoms with Crippen LogP contribution in [0.15, 0.2) is 72.8 Å². The Morgan fingerprint density at radius 3 is 2.50 bits per heavy atom. The highest BCUT2D eigenvalue weighted by Gasteiger charge is 2.31. The number of aromatic amines is 1. The van der Waals surface area contributed by atoms with Gasteiger partial charge in [-0.05, 0) is 64.4 Å². The van der Waals surface area contributed by atoms with E-state index in [0.29, 0.717) is 17.1 Å². The maximum absolute atomic E-state index is 14.2. The van der Waals surface area contributed by atoms with E-state index in [1.165, 1.54) is 0 Å². The summed E-state index contributed by atoms with van der Waals surface area (Å²) in [7, 11) is 0. The van der Waals surface area contributed by atoms with Crippen molar-refractivity contribution in [1.29, 1.82) is 0 Å². The van der Waals surface area contributed by atoms with E-state index < -0.39 is 0 Å². The van der Waals surface area contributed by atoms with Crippen LogP contribution < -0.4 is 10.2 Å². The number of pyridine rings is 1. The van der Waals surface area contributed by atoms with Crippen LogP contribution in [0.3, 0.4) is 0 Å². The fraction of sp³-hybridized carbons (Fsp3) is 0.361. The number of nitrogens with one attached hydrogen (secondary N) is 2. The lowest BCUT2D eigenvalue weighted by molar-refractivity contribution is 0.103. The Kier molecular flexibility index (Phi) is 7.56. The standard InChI is InChI=1S/C36H40N6O2/c1-36(2,3)42-17-9-12-25(23-42)37-32-27-13-7-8-14-28(27)38-33(34(43)24-10-5-4-6-11-24)31(32)35-39-29-16-15-26(22-30(29)40-35)41-18-20-44-21-19-41/h4-8,10-11,13-16,22,25H,9,12,17-21,23H2,1-3H3,(H,37,38)(H,39,40). The zero-order chi connectivity index (χ0) is 30.3. The molecule has 0 spiro atoms. The molecule has 7 rings (SSSR count). The van der Waals surface area contributed by atoms with Crippen LogP contribution in [0.1, 0.15) is 49.7 Å². The minimum Gasteiger partial charge on any atom is -0.380 e. The molecule has 5 aromatic rings. The molecule has 1 atom stereocenters. The molecule has 3 aromatic carbocycles. The fourth-order valence-electron chi connectivity index (χ4n) is 6.53. The Morgan fingerprint density at radius 2 is 1.70 bits per heavy atom. The van der Waals surface area contributed by atoms with E-state index in [9.17, 15) is 4.79 Å². The number of benzene rings is 3. The zero-order valence-electron chi connectivity index (χ0n) is 25.8. The van der Waals surface area contributed by atoms with Crippen molar-refractivity contribution in [3.63, 3.8) is 0 Å². The zero-order valence-corrected chi connectivity index (χ0v) is 25.8. The van der Waals surface area contributed by atoms with Crippen LogP contribution in [-0.4, -0.2) is 76.6 Å². The number of rotatable bonds is 6. The van der Waals surface area contributed by atoms with Gasteiger partial charge in [-0.2, -0.15) is 0 Å². The van der Waals surface area contributed by atoms with Gasteiger partial charge in [-0.15, -0.1) is 0 Å². The van der Waals surface area contributed by atoms with Gasteiger partial charge in [0.25, 0.3) is 0 Å². The second-order valence-corrected chi connectivity index (χ2v) is 12.9. The molecular weight excluding hydrogens is 548 g/mol.